The summed E-state index contributed by atoms with van der Waals surface area (Å²) >= 11 is 3.46. The van der Waals surface area contributed by atoms with E-state index in [9.17, 15) is 4.79 Å². The van der Waals surface area contributed by atoms with Gasteiger partial charge < -0.3 is 5.32 Å². The number of benzene rings is 3. The Morgan fingerprint density at radius 2 is 1.67 bits per heavy atom. The first kappa shape index (κ1) is 17.4. The maximum atomic E-state index is 13.0. The second-order valence-corrected chi connectivity index (χ2v) is 7.32. The Kier molecular flexibility index (Phi) is 4.73. The lowest BCUT2D eigenvalue weighted by Gasteiger charge is -2.11. The van der Waals surface area contributed by atoms with Gasteiger partial charge in [-0.3, -0.25) is 4.79 Å². The monoisotopic (exact) mass is 416 g/mol. The van der Waals surface area contributed by atoms with Crippen molar-refractivity contribution >= 4 is 38.4 Å². The maximum absolute atomic E-state index is 13.0. The van der Waals surface area contributed by atoms with Crippen LogP contribution in [0.15, 0.2) is 83.3 Å². The van der Waals surface area contributed by atoms with Gasteiger partial charge in [-0.1, -0.05) is 57.9 Å². The molecular formula is C23H17BrN2O. The van der Waals surface area contributed by atoms with Gasteiger partial charge in [0.05, 0.1) is 16.8 Å². The molecule has 0 fully saturated rings. The molecule has 3 aromatic carbocycles. The van der Waals surface area contributed by atoms with Crippen LogP contribution in [0.4, 0.5) is 5.69 Å². The van der Waals surface area contributed by atoms with E-state index in [0.29, 0.717) is 5.56 Å². The third kappa shape index (κ3) is 3.76. The van der Waals surface area contributed by atoms with Gasteiger partial charge in [0.2, 0.25) is 0 Å². The third-order valence-electron chi connectivity index (χ3n) is 4.38. The Hall–Kier alpha value is -2.98. The average molecular weight is 417 g/mol. The number of fused-ring (bicyclic) bond motifs is 1. The highest BCUT2D eigenvalue weighted by Gasteiger charge is 2.14. The second-order valence-electron chi connectivity index (χ2n) is 6.40. The number of anilines is 1. The summed E-state index contributed by atoms with van der Waals surface area (Å²) in [4.78, 5) is 17.8. The lowest BCUT2D eigenvalue weighted by atomic mass is 10.0. The van der Waals surface area contributed by atoms with Crippen molar-refractivity contribution in [3.05, 3.63) is 94.5 Å². The van der Waals surface area contributed by atoms with Gasteiger partial charge in [-0.15, -0.1) is 0 Å². The topological polar surface area (TPSA) is 42.0 Å². The molecule has 3 nitrogen and oxygen atoms in total. The van der Waals surface area contributed by atoms with Crippen molar-refractivity contribution in [3.63, 3.8) is 0 Å². The van der Waals surface area contributed by atoms with Crippen LogP contribution in [0, 0.1) is 6.92 Å². The van der Waals surface area contributed by atoms with E-state index >= 15 is 0 Å². The molecule has 0 aliphatic rings. The summed E-state index contributed by atoms with van der Waals surface area (Å²) in [6, 6.07) is 25.3. The number of aromatic nitrogens is 1. The number of pyridine rings is 1. The van der Waals surface area contributed by atoms with Gasteiger partial charge >= 0.3 is 0 Å². The van der Waals surface area contributed by atoms with Gasteiger partial charge in [0.1, 0.15) is 0 Å². The zero-order chi connectivity index (χ0) is 18.8. The van der Waals surface area contributed by atoms with Crippen LogP contribution >= 0.6 is 15.9 Å². The molecule has 1 heterocycles. The summed E-state index contributed by atoms with van der Waals surface area (Å²) in [5.74, 6) is -0.141. The van der Waals surface area contributed by atoms with E-state index < -0.39 is 0 Å². The Bertz CT molecular complexity index is 1120. The highest BCUT2D eigenvalue weighted by molar-refractivity contribution is 9.10. The van der Waals surface area contributed by atoms with Crippen molar-refractivity contribution in [2.45, 2.75) is 6.92 Å². The van der Waals surface area contributed by atoms with Crippen LogP contribution in [0.3, 0.4) is 0 Å². The molecule has 4 aromatic rings. The number of carbonyl (C=O) groups is 1. The van der Waals surface area contributed by atoms with Gasteiger partial charge in [-0.2, -0.15) is 0 Å². The number of aryl methyl sites for hydroxylation is 1. The highest BCUT2D eigenvalue weighted by atomic mass is 79.9. The van der Waals surface area contributed by atoms with Crippen LogP contribution < -0.4 is 5.32 Å². The zero-order valence-corrected chi connectivity index (χ0v) is 16.3. The van der Waals surface area contributed by atoms with Crippen LogP contribution in [0.1, 0.15) is 15.9 Å². The van der Waals surface area contributed by atoms with Crippen molar-refractivity contribution < 1.29 is 4.79 Å². The van der Waals surface area contributed by atoms with Crippen LogP contribution in [-0.4, -0.2) is 10.9 Å². The lowest BCUT2D eigenvalue weighted by Crippen LogP contribution is -2.13. The molecule has 4 rings (SSSR count). The molecule has 0 saturated heterocycles. The van der Waals surface area contributed by atoms with E-state index in [-0.39, 0.29) is 5.91 Å². The minimum absolute atomic E-state index is 0.141. The molecule has 1 N–H and O–H groups in total. The van der Waals surface area contributed by atoms with E-state index in [0.717, 1.165) is 37.9 Å². The van der Waals surface area contributed by atoms with Crippen molar-refractivity contribution in [3.8, 4) is 11.3 Å². The van der Waals surface area contributed by atoms with Crippen LogP contribution in [0.2, 0.25) is 0 Å². The molecule has 1 aromatic heterocycles. The number of para-hydroxylation sites is 1. The summed E-state index contributed by atoms with van der Waals surface area (Å²) < 4.78 is 1.00. The molecule has 0 saturated carbocycles. The summed E-state index contributed by atoms with van der Waals surface area (Å²) in [7, 11) is 0. The standard InChI is InChI=1S/C23H17BrN2O/c1-15-7-12-21-19(13-15)20(23(27)25-18-5-3-2-4-6-18)14-22(26-21)16-8-10-17(24)11-9-16/h2-14H,1H3,(H,25,27). The number of hydrogen-bond acceptors (Lipinski definition) is 2. The van der Waals surface area contributed by atoms with Crippen LogP contribution in [0.5, 0.6) is 0 Å². The number of hydrogen-bond donors (Lipinski definition) is 1. The van der Waals surface area contributed by atoms with Gasteiger partial charge in [0, 0.05) is 21.1 Å². The Morgan fingerprint density at radius 1 is 0.926 bits per heavy atom. The predicted molar refractivity (Wildman–Crippen MR) is 114 cm³/mol. The normalized spacial score (nSPS) is 10.7. The fourth-order valence-corrected chi connectivity index (χ4v) is 3.28. The van der Waals surface area contributed by atoms with E-state index in [4.69, 9.17) is 4.98 Å². The van der Waals surface area contributed by atoms with Crippen LogP contribution in [-0.2, 0) is 0 Å². The van der Waals surface area contributed by atoms with E-state index in [1.165, 1.54) is 0 Å². The molecule has 0 radical (unpaired) electrons. The quantitative estimate of drug-likeness (QED) is 0.430. The molecule has 0 bridgehead atoms. The predicted octanol–water partition coefficient (Wildman–Crippen LogP) is 6.23. The minimum atomic E-state index is -0.141. The second kappa shape index (κ2) is 7.33. The Labute approximate surface area is 166 Å². The van der Waals surface area contributed by atoms with E-state index in [1.807, 2.05) is 85.8 Å². The van der Waals surface area contributed by atoms with Crippen molar-refractivity contribution in [2.75, 3.05) is 5.32 Å². The molecule has 0 spiro atoms. The summed E-state index contributed by atoms with van der Waals surface area (Å²) in [6.07, 6.45) is 0. The van der Waals surface area contributed by atoms with Crippen LogP contribution in [0.25, 0.3) is 22.2 Å². The van der Waals surface area contributed by atoms with Gasteiger partial charge in [0.15, 0.2) is 0 Å². The number of halogens is 1. The first-order valence-corrected chi connectivity index (χ1v) is 9.43. The summed E-state index contributed by atoms with van der Waals surface area (Å²) in [5.41, 5.74) is 5.02. The number of nitrogens with zero attached hydrogens (tertiary/aromatic N) is 1. The Morgan fingerprint density at radius 3 is 2.41 bits per heavy atom. The molecule has 4 heteroatoms. The largest absolute Gasteiger partial charge is 0.322 e. The maximum Gasteiger partial charge on any atom is 0.256 e. The smallest absolute Gasteiger partial charge is 0.256 e. The average Bonchev–Trinajstić information content (AvgIpc) is 2.68. The van der Waals surface area contributed by atoms with E-state index in [2.05, 4.69) is 21.2 Å². The van der Waals surface area contributed by atoms with Crippen molar-refractivity contribution in [1.82, 2.24) is 4.98 Å². The van der Waals surface area contributed by atoms with Gasteiger partial charge in [-0.05, 0) is 49.4 Å². The van der Waals surface area contributed by atoms with Crippen molar-refractivity contribution in [2.24, 2.45) is 0 Å². The van der Waals surface area contributed by atoms with Gasteiger partial charge in [0.25, 0.3) is 5.91 Å². The minimum Gasteiger partial charge on any atom is -0.322 e. The number of carbonyl (C=O) groups excluding carboxylic acids is 1. The first-order valence-electron chi connectivity index (χ1n) is 8.64. The zero-order valence-electron chi connectivity index (χ0n) is 14.7. The molecule has 27 heavy (non-hydrogen) atoms. The van der Waals surface area contributed by atoms with Crippen molar-refractivity contribution in [1.29, 1.82) is 0 Å². The highest BCUT2D eigenvalue weighted by Crippen LogP contribution is 2.27. The SMILES string of the molecule is Cc1ccc2nc(-c3ccc(Br)cc3)cc(C(=O)Nc3ccccc3)c2c1. The number of nitrogens with one attached hydrogen (secondary N) is 1. The Balaban J connectivity index is 1.84. The molecular weight excluding hydrogens is 400 g/mol. The summed E-state index contributed by atoms with van der Waals surface area (Å²) in [6.45, 7) is 2.01. The van der Waals surface area contributed by atoms with Gasteiger partial charge in [-0.25, -0.2) is 4.98 Å². The van der Waals surface area contributed by atoms with E-state index in [1.54, 1.807) is 0 Å². The number of rotatable bonds is 3. The summed E-state index contributed by atoms with van der Waals surface area (Å²) in [5, 5.41) is 3.83. The molecule has 0 aliphatic heterocycles. The lowest BCUT2D eigenvalue weighted by molar-refractivity contribution is 0.102. The molecule has 0 aliphatic carbocycles. The number of amides is 1. The molecule has 132 valence electrons. The fourth-order valence-electron chi connectivity index (χ4n) is 3.02. The molecule has 0 unspecified atom stereocenters. The molecule has 0 atom stereocenters. The molecule has 1 amide bonds. The fraction of sp³-hybridized carbons (Fsp3) is 0.0435. The third-order valence-corrected chi connectivity index (χ3v) is 4.91. The first-order chi connectivity index (χ1) is 13.1.